The Hall–Kier alpha value is 1.32. The highest BCUT2D eigenvalue weighted by atomic mass is 33.5. The van der Waals surface area contributed by atoms with Crippen LogP contribution in [0.5, 0.6) is 0 Å². The lowest BCUT2D eigenvalue weighted by atomic mass is 11.0. The van der Waals surface area contributed by atoms with E-state index in [1.165, 1.54) is 0 Å². The van der Waals surface area contributed by atoms with Crippen molar-refractivity contribution in [3.8, 4) is 0 Å². The van der Waals surface area contributed by atoms with Crippen LogP contribution in [0.15, 0.2) is 0 Å². The van der Waals surface area contributed by atoms with Gasteiger partial charge in [0.25, 0.3) is 0 Å². The second kappa shape index (κ2) is 11.0. The van der Waals surface area contributed by atoms with Gasteiger partial charge in [-0.3, -0.25) is 0 Å². The Morgan fingerprint density at radius 1 is 0.684 bits per heavy atom. The molecule has 0 aromatic heterocycles. The van der Waals surface area contributed by atoms with Crippen molar-refractivity contribution in [2.24, 2.45) is 0 Å². The van der Waals surface area contributed by atoms with Crippen molar-refractivity contribution in [2.45, 2.75) is 25.2 Å². The molecule has 116 valence electrons. The molecule has 9 heteroatoms. The smallest absolute Gasteiger partial charge is 0.335 e. The second-order valence-electron chi connectivity index (χ2n) is 4.30. The molecule has 0 N–H and O–H groups in total. The molecule has 0 bridgehead atoms. The normalized spacial score (nSPS) is 12.9. The van der Waals surface area contributed by atoms with Gasteiger partial charge < -0.3 is 17.7 Å². The fourth-order valence-electron chi connectivity index (χ4n) is 1.13. The quantitative estimate of drug-likeness (QED) is 0.297. The molecule has 0 heterocycles. The van der Waals surface area contributed by atoms with Gasteiger partial charge in [0, 0.05) is 52.0 Å². The maximum atomic E-state index is 5.45. The van der Waals surface area contributed by atoms with Crippen LogP contribution < -0.4 is 0 Å². The molecule has 0 fully saturated rings. The van der Waals surface area contributed by atoms with Crippen LogP contribution in [0.25, 0.3) is 0 Å². The molecule has 0 aromatic rings. The van der Waals surface area contributed by atoms with Crippen LogP contribution in [0.4, 0.5) is 0 Å². The minimum atomic E-state index is -1.88. The Kier molecular flexibility index (Phi) is 11.7. The summed E-state index contributed by atoms with van der Waals surface area (Å²) in [6, 6.07) is 2.03. The molecule has 0 unspecified atom stereocenters. The molecule has 0 amide bonds. The molecule has 0 aliphatic carbocycles. The fourth-order valence-corrected chi connectivity index (χ4v) is 10.1. The molecule has 0 radical (unpaired) electrons. The molecule has 0 rings (SSSR count). The summed E-state index contributed by atoms with van der Waals surface area (Å²) in [6.45, 7) is 4.19. The van der Waals surface area contributed by atoms with Crippen molar-refractivity contribution in [1.29, 1.82) is 0 Å². The van der Waals surface area contributed by atoms with E-state index in [1.807, 2.05) is 31.4 Å². The van der Waals surface area contributed by atoms with Crippen molar-refractivity contribution in [3.05, 3.63) is 0 Å². The van der Waals surface area contributed by atoms with Gasteiger partial charge in [-0.25, -0.2) is 0 Å². The molecule has 0 aliphatic rings. The van der Waals surface area contributed by atoms with Gasteiger partial charge in [-0.2, -0.15) is 0 Å². The molecular formula is C10H26O4S3Si2. The minimum absolute atomic E-state index is 1.01. The van der Waals surface area contributed by atoms with Gasteiger partial charge in [0.2, 0.25) is 0 Å². The summed E-state index contributed by atoms with van der Waals surface area (Å²) >= 11 is 0. The van der Waals surface area contributed by atoms with Crippen LogP contribution in [0.2, 0.25) is 25.2 Å². The van der Waals surface area contributed by atoms with E-state index < -0.39 is 17.1 Å². The first kappa shape index (κ1) is 20.3. The molecule has 0 atom stereocenters. The van der Waals surface area contributed by atoms with E-state index in [-0.39, 0.29) is 0 Å². The van der Waals surface area contributed by atoms with Crippen molar-refractivity contribution in [2.75, 3.05) is 39.9 Å². The molecule has 0 saturated heterocycles. The maximum absolute atomic E-state index is 5.45. The highest BCUT2D eigenvalue weighted by molar-refractivity contribution is 9.09. The Labute approximate surface area is 131 Å². The van der Waals surface area contributed by atoms with Crippen LogP contribution >= 0.6 is 31.4 Å². The highest BCUT2D eigenvalue weighted by Crippen LogP contribution is 2.37. The SMILES string of the molecule is CO[Si](C)(CCSSSCC[Si](C)(OC)OC)OC. The van der Waals surface area contributed by atoms with E-state index in [1.54, 1.807) is 28.4 Å². The fraction of sp³-hybridized carbons (Fsp3) is 1.00. The molecule has 4 nitrogen and oxygen atoms in total. The number of hydrogen-bond donors (Lipinski definition) is 0. The third-order valence-corrected chi connectivity index (χ3v) is 13.8. The van der Waals surface area contributed by atoms with E-state index in [0.717, 1.165) is 23.6 Å². The minimum Gasteiger partial charge on any atom is -0.398 e. The summed E-state index contributed by atoms with van der Waals surface area (Å²) < 4.78 is 21.8. The van der Waals surface area contributed by atoms with E-state index >= 15 is 0 Å². The average molecular weight is 363 g/mol. The zero-order chi connectivity index (χ0) is 14.8. The van der Waals surface area contributed by atoms with Gasteiger partial charge in [0.15, 0.2) is 0 Å². The topological polar surface area (TPSA) is 36.9 Å². The maximum Gasteiger partial charge on any atom is 0.335 e. The Balaban J connectivity index is 3.56. The lowest BCUT2D eigenvalue weighted by Crippen LogP contribution is -2.36. The van der Waals surface area contributed by atoms with Crippen molar-refractivity contribution in [3.63, 3.8) is 0 Å². The van der Waals surface area contributed by atoms with Crippen molar-refractivity contribution < 1.29 is 17.7 Å². The van der Waals surface area contributed by atoms with Gasteiger partial charge >= 0.3 is 17.1 Å². The summed E-state index contributed by atoms with van der Waals surface area (Å²) in [7, 11) is 8.75. The van der Waals surface area contributed by atoms with Crippen LogP contribution in [0.3, 0.4) is 0 Å². The first-order valence-electron chi connectivity index (χ1n) is 6.07. The molecule has 0 aliphatic heterocycles. The average Bonchev–Trinajstić information content (AvgIpc) is 2.45. The molecule has 0 aromatic carbocycles. The summed E-state index contributed by atoms with van der Waals surface area (Å²) in [5, 5.41) is 0. The number of rotatable bonds is 12. The lowest BCUT2D eigenvalue weighted by molar-refractivity contribution is 0.251. The molecule has 0 saturated carbocycles. The number of hydrogen-bond acceptors (Lipinski definition) is 7. The summed E-state index contributed by atoms with van der Waals surface area (Å²) in [4.78, 5) is 0. The Bertz CT molecular complexity index is 207. The third-order valence-electron chi connectivity index (χ3n) is 3.10. The van der Waals surface area contributed by atoms with E-state index in [9.17, 15) is 0 Å². The molecular weight excluding hydrogens is 336 g/mol. The third kappa shape index (κ3) is 9.04. The highest BCUT2D eigenvalue weighted by Gasteiger charge is 2.29. The van der Waals surface area contributed by atoms with Crippen LogP contribution in [-0.2, 0) is 17.7 Å². The van der Waals surface area contributed by atoms with Crippen molar-refractivity contribution in [1.82, 2.24) is 0 Å². The van der Waals surface area contributed by atoms with E-state index in [2.05, 4.69) is 13.1 Å². The lowest BCUT2D eigenvalue weighted by Gasteiger charge is -2.22. The van der Waals surface area contributed by atoms with Crippen LogP contribution in [0, 0.1) is 0 Å². The van der Waals surface area contributed by atoms with Crippen LogP contribution in [0.1, 0.15) is 0 Å². The Morgan fingerprint density at radius 3 is 1.26 bits per heavy atom. The zero-order valence-corrected chi connectivity index (χ0v) is 17.1. The van der Waals surface area contributed by atoms with Crippen molar-refractivity contribution >= 4 is 48.5 Å². The predicted molar refractivity (Wildman–Crippen MR) is 93.4 cm³/mol. The van der Waals surface area contributed by atoms with Gasteiger partial charge in [-0.05, 0) is 22.9 Å². The Morgan fingerprint density at radius 2 is 1.00 bits per heavy atom. The standard InChI is InChI=1S/C10H26O4S3Si2/c1-11-18(5,12-2)9-7-15-17-16-8-10-19(6,13-3)14-4/h7-10H2,1-6H3. The second-order valence-corrected chi connectivity index (χ2v) is 15.9. The molecule has 19 heavy (non-hydrogen) atoms. The van der Waals surface area contributed by atoms with Crippen LogP contribution in [-0.4, -0.2) is 57.1 Å². The predicted octanol–water partition coefficient (Wildman–Crippen LogP) is 3.75. The monoisotopic (exact) mass is 362 g/mol. The first-order chi connectivity index (χ1) is 8.95. The first-order valence-corrected chi connectivity index (χ1v) is 14.9. The summed E-state index contributed by atoms with van der Waals surface area (Å²) in [6.07, 6.45) is 0. The van der Waals surface area contributed by atoms with E-state index in [4.69, 9.17) is 17.7 Å². The van der Waals surface area contributed by atoms with E-state index in [0.29, 0.717) is 0 Å². The van der Waals surface area contributed by atoms with Gasteiger partial charge in [0.1, 0.15) is 0 Å². The van der Waals surface area contributed by atoms with Gasteiger partial charge in [-0.1, -0.05) is 21.6 Å². The van der Waals surface area contributed by atoms with Gasteiger partial charge in [0.05, 0.1) is 0 Å². The summed E-state index contributed by atoms with van der Waals surface area (Å²) in [5.74, 6) is 2.12. The zero-order valence-electron chi connectivity index (χ0n) is 12.7. The van der Waals surface area contributed by atoms with Gasteiger partial charge in [-0.15, -0.1) is 0 Å². The molecule has 0 spiro atoms. The summed E-state index contributed by atoms with van der Waals surface area (Å²) in [5.41, 5.74) is 0. The largest absolute Gasteiger partial charge is 0.398 e.